The van der Waals surface area contributed by atoms with Crippen LogP contribution in [0.15, 0.2) is 6.20 Å². The van der Waals surface area contributed by atoms with Gasteiger partial charge in [0, 0.05) is 6.04 Å². The summed E-state index contributed by atoms with van der Waals surface area (Å²) in [6.07, 6.45) is 4.88. The molecule has 1 saturated carbocycles. The highest BCUT2D eigenvalue weighted by atomic mass is 16.2. The molecule has 5 heteroatoms. The van der Waals surface area contributed by atoms with Gasteiger partial charge in [-0.3, -0.25) is 4.79 Å². The molecule has 0 aliphatic heterocycles. The van der Waals surface area contributed by atoms with E-state index in [2.05, 4.69) is 34.6 Å². The van der Waals surface area contributed by atoms with Gasteiger partial charge in [0.15, 0.2) is 5.69 Å². The Kier molecular flexibility index (Phi) is 3.22. The number of aromatic amines is 1. The van der Waals surface area contributed by atoms with E-state index in [0.717, 1.165) is 12.3 Å². The Morgan fingerprint density at radius 3 is 2.94 bits per heavy atom. The van der Waals surface area contributed by atoms with Crippen molar-refractivity contribution in [3.8, 4) is 0 Å². The topological polar surface area (TPSA) is 70.7 Å². The normalized spacial score (nSPS) is 30.0. The maximum absolute atomic E-state index is 11.8. The molecule has 1 aliphatic carbocycles. The van der Waals surface area contributed by atoms with E-state index in [1.807, 2.05) is 0 Å². The third-order valence-corrected chi connectivity index (χ3v) is 3.40. The van der Waals surface area contributed by atoms with Crippen LogP contribution in [0.25, 0.3) is 0 Å². The van der Waals surface area contributed by atoms with Crippen molar-refractivity contribution in [1.29, 1.82) is 0 Å². The average molecular weight is 222 g/mol. The number of carbonyl (C=O) groups is 1. The first-order chi connectivity index (χ1) is 7.66. The van der Waals surface area contributed by atoms with Crippen LogP contribution in [0.4, 0.5) is 0 Å². The van der Waals surface area contributed by atoms with E-state index in [9.17, 15) is 4.79 Å². The van der Waals surface area contributed by atoms with Crippen LogP contribution in [0.3, 0.4) is 0 Å². The highest BCUT2D eigenvalue weighted by Gasteiger charge is 2.27. The Morgan fingerprint density at radius 2 is 2.31 bits per heavy atom. The number of hydrogen-bond donors (Lipinski definition) is 2. The summed E-state index contributed by atoms with van der Waals surface area (Å²) in [5.74, 6) is 1.19. The Hall–Kier alpha value is -1.39. The summed E-state index contributed by atoms with van der Waals surface area (Å²) in [7, 11) is 0. The molecule has 3 atom stereocenters. The van der Waals surface area contributed by atoms with Gasteiger partial charge < -0.3 is 5.32 Å². The quantitative estimate of drug-likeness (QED) is 0.793. The molecule has 1 aromatic heterocycles. The van der Waals surface area contributed by atoms with Gasteiger partial charge in [0.2, 0.25) is 0 Å². The molecule has 88 valence electrons. The third kappa shape index (κ3) is 2.40. The molecule has 0 spiro atoms. The number of hydrogen-bond acceptors (Lipinski definition) is 3. The van der Waals surface area contributed by atoms with Crippen molar-refractivity contribution in [1.82, 2.24) is 20.7 Å². The van der Waals surface area contributed by atoms with E-state index in [1.54, 1.807) is 0 Å². The van der Waals surface area contributed by atoms with Gasteiger partial charge in [-0.15, -0.1) is 0 Å². The zero-order valence-corrected chi connectivity index (χ0v) is 9.73. The molecule has 3 unspecified atom stereocenters. The van der Waals surface area contributed by atoms with Crippen LogP contribution in [0.1, 0.15) is 43.6 Å². The van der Waals surface area contributed by atoms with Gasteiger partial charge in [-0.1, -0.05) is 13.8 Å². The second-order valence-corrected chi connectivity index (χ2v) is 4.83. The molecule has 2 rings (SSSR count). The maximum atomic E-state index is 11.8. The summed E-state index contributed by atoms with van der Waals surface area (Å²) >= 11 is 0. The minimum absolute atomic E-state index is 0.125. The van der Waals surface area contributed by atoms with Crippen molar-refractivity contribution in [3.05, 3.63) is 11.9 Å². The van der Waals surface area contributed by atoms with Crippen molar-refractivity contribution in [2.24, 2.45) is 11.8 Å². The Balaban J connectivity index is 1.92. The molecule has 1 fully saturated rings. The molecule has 2 N–H and O–H groups in total. The first kappa shape index (κ1) is 11.1. The fourth-order valence-corrected chi connectivity index (χ4v) is 2.43. The Morgan fingerprint density at radius 1 is 1.50 bits per heavy atom. The highest BCUT2D eigenvalue weighted by molar-refractivity contribution is 5.92. The molecule has 5 nitrogen and oxygen atoms in total. The molecule has 16 heavy (non-hydrogen) atoms. The summed E-state index contributed by atoms with van der Waals surface area (Å²) < 4.78 is 0. The maximum Gasteiger partial charge on any atom is 0.273 e. The molecular weight excluding hydrogens is 204 g/mol. The van der Waals surface area contributed by atoms with Crippen molar-refractivity contribution < 1.29 is 4.79 Å². The van der Waals surface area contributed by atoms with Crippen molar-refractivity contribution in [3.63, 3.8) is 0 Å². The molecule has 1 heterocycles. The van der Waals surface area contributed by atoms with Crippen molar-refractivity contribution in [2.75, 3.05) is 0 Å². The van der Waals surface area contributed by atoms with E-state index in [-0.39, 0.29) is 11.9 Å². The van der Waals surface area contributed by atoms with Gasteiger partial charge >= 0.3 is 0 Å². The fraction of sp³-hybridized carbons (Fsp3) is 0.727. The molecule has 0 bridgehead atoms. The summed E-state index contributed by atoms with van der Waals surface area (Å²) in [4.78, 5) is 11.8. The molecule has 1 aromatic rings. The zero-order chi connectivity index (χ0) is 11.5. The molecule has 0 radical (unpaired) electrons. The smallest absolute Gasteiger partial charge is 0.273 e. The Labute approximate surface area is 95.0 Å². The molecule has 0 aromatic carbocycles. The van der Waals surface area contributed by atoms with Crippen LogP contribution in [0.2, 0.25) is 0 Å². The van der Waals surface area contributed by atoms with Gasteiger partial charge in [-0.25, -0.2) is 0 Å². The molecule has 1 aliphatic rings. The summed E-state index contributed by atoms with van der Waals surface area (Å²) in [6, 6.07) is 0.278. The summed E-state index contributed by atoms with van der Waals surface area (Å²) in [5, 5.41) is 12.9. The number of amides is 1. The first-order valence-electron chi connectivity index (χ1n) is 5.83. The van der Waals surface area contributed by atoms with Crippen molar-refractivity contribution >= 4 is 5.91 Å². The lowest BCUT2D eigenvalue weighted by atomic mass is 9.80. The van der Waals surface area contributed by atoms with Gasteiger partial charge in [-0.05, 0) is 31.1 Å². The predicted octanol–water partition coefficient (Wildman–Crippen LogP) is 1.36. The SMILES string of the molecule is CC1CCC(NC(=O)c2cn[nH]n2)C(C)C1. The van der Waals surface area contributed by atoms with Crippen molar-refractivity contribution in [2.45, 2.75) is 39.2 Å². The largest absolute Gasteiger partial charge is 0.348 e. The summed E-state index contributed by atoms with van der Waals surface area (Å²) in [6.45, 7) is 4.47. The van der Waals surface area contributed by atoms with E-state index < -0.39 is 0 Å². The second kappa shape index (κ2) is 4.63. The van der Waals surface area contributed by atoms with Crippen LogP contribution < -0.4 is 5.32 Å². The summed E-state index contributed by atoms with van der Waals surface area (Å²) in [5.41, 5.74) is 0.367. The first-order valence-corrected chi connectivity index (χ1v) is 5.83. The number of carbonyl (C=O) groups excluding carboxylic acids is 1. The Bertz CT molecular complexity index is 349. The zero-order valence-electron chi connectivity index (χ0n) is 9.73. The van der Waals surface area contributed by atoms with Gasteiger partial charge in [0.1, 0.15) is 0 Å². The number of rotatable bonds is 2. The van der Waals surface area contributed by atoms with E-state index >= 15 is 0 Å². The van der Waals surface area contributed by atoms with Crippen LogP contribution in [0, 0.1) is 11.8 Å². The number of nitrogens with zero attached hydrogens (tertiary/aromatic N) is 2. The van der Waals surface area contributed by atoms with Crippen LogP contribution in [0.5, 0.6) is 0 Å². The van der Waals surface area contributed by atoms with E-state index in [1.165, 1.54) is 19.0 Å². The number of nitrogens with one attached hydrogen (secondary N) is 2. The second-order valence-electron chi connectivity index (χ2n) is 4.83. The number of aromatic nitrogens is 3. The van der Waals surface area contributed by atoms with E-state index in [0.29, 0.717) is 11.6 Å². The van der Waals surface area contributed by atoms with Crippen LogP contribution in [-0.4, -0.2) is 27.4 Å². The van der Waals surface area contributed by atoms with E-state index in [4.69, 9.17) is 0 Å². The number of H-pyrrole nitrogens is 1. The lowest BCUT2D eigenvalue weighted by molar-refractivity contribution is 0.0894. The fourth-order valence-electron chi connectivity index (χ4n) is 2.43. The van der Waals surface area contributed by atoms with Gasteiger partial charge in [0.25, 0.3) is 5.91 Å². The monoisotopic (exact) mass is 222 g/mol. The minimum atomic E-state index is -0.125. The molecule has 1 amide bonds. The predicted molar refractivity (Wildman–Crippen MR) is 59.8 cm³/mol. The lowest BCUT2D eigenvalue weighted by Crippen LogP contribution is -2.42. The molecule has 0 saturated heterocycles. The average Bonchev–Trinajstić information content (AvgIpc) is 2.75. The standard InChI is InChI=1S/C11H18N4O/c1-7-3-4-9(8(2)5-7)13-11(16)10-6-12-15-14-10/h6-9H,3-5H2,1-2H3,(H,13,16)(H,12,14,15). The van der Waals surface area contributed by atoms with Gasteiger partial charge in [0.05, 0.1) is 6.20 Å². The van der Waals surface area contributed by atoms with Gasteiger partial charge in [-0.2, -0.15) is 15.4 Å². The minimum Gasteiger partial charge on any atom is -0.348 e. The third-order valence-electron chi connectivity index (χ3n) is 3.40. The molecular formula is C11H18N4O. The highest BCUT2D eigenvalue weighted by Crippen LogP contribution is 2.28. The lowest BCUT2D eigenvalue weighted by Gasteiger charge is -2.32. The van der Waals surface area contributed by atoms with Crippen LogP contribution in [-0.2, 0) is 0 Å². The van der Waals surface area contributed by atoms with Crippen LogP contribution >= 0.6 is 0 Å².